The van der Waals surface area contributed by atoms with E-state index in [4.69, 9.17) is 19.0 Å². The third-order valence-electron chi connectivity index (χ3n) is 7.66. The number of carbonyl (C=O) groups is 2. The van der Waals surface area contributed by atoms with Crippen LogP contribution in [0.15, 0.2) is 24.3 Å². The highest BCUT2D eigenvalue weighted by Crippen LogP contribution is 2.38. The Kier molecular flexibility index (Phi) is 14.0. The molecule has 1 unspecified atom stereocenters. The summed E-state index contributed by atoms with van der Waals surface area (Å²) in [6, 6.07) is 0. The van der Waals surface area contributed by atoms with Crippen molar-refractivity contribution in [1.82, 2.24) is 0 Å². The standard InChI is InChI=1S/C30H54O6Si/c1-10-11-12-13-14-15-17-24(36-37(8,9)29(3,4)5)20-21-26(27-22-34-30(6,7)35-27)25(23(2)31)18-16-19-28(32)33/h14-15,20-21,24-27H,10-13,16-19,22H2,1-9H3,(H,32,33)/b15-14-,21-20+/t24?,25-,26-,27+/m0/s1. The number of ketones is 1. The fourth-order valence-electron chi connectivity index (χ4n) is 4.40. The van der Waals surface area contributed by atoms with E-state index in [2.05, 4.69) is 65.1 Å². The van der Waals surface area contributed by atoms with E-state index in [1.54, 1.807) is 6.92 Å². The van der Waals surface area contributed by atoms with E-state index in [1.807, 2.05) is 13.8 Å². The number of carboxylic acids is 1. The molecule has 7 heteroatoms. The lowest BCUT2D eigenvalue weighted by Crippen LogP contribution is -2.43. The lowest BCUT2D eigenvalue weighted by Gasteiger charge is -2.38. The van der Waals surface area contributed by atoms with E-state index in [9.17, 15) is 9.59 Å². The summed E-state index contributed by atoms with van der Waals surface area (Å²) >= 11 is 0. The molecule has 214 valence electrons. The molecule has 1 N–H and O–H groups in total. The number of aliphatic carboxylic acids is 1. The van der Waals surface area contributed by atoms with Crippen molar-refractivity contribution in [2.24, 2.45) is 11.8 Å². The van der Waals surface area contributed by atoms with Crippen LogP contribution < -0.4 is 0 Å². The highest BCUT2D eigenvalue weighted by atomic mass is 28.4. The zero-order valence-electron chi connectivity index (χ0n) is 25.0. The topological polar surface area (TPSA) is 82.1 Å². The van der Waals surface area contributed by atoms with Crippen LogP contribution in [0.4, 0.5) is 0 Å². The van der Waals surface area contributed by atoms with Crippen LogP contribution in [0.2, 0.25) is 18.1 Å². The molecule has 1 aliphatic heterocycles. The zero-order valence-corrected chi connectivity index (χ0v) is 26.0. The fourth-order valence-corrected chi connectivity index (χ4v) is 5.68. The number of carbonyl (C=O) groups excluding carboxylic acids is 1. The monoisotopic (exact) mass is 538 g/mol. The molecular weight excluding hydrogens is 484 g/mol. The van der Waals surface area contributed by atoms with E-state index in [-0.39, 0.29) is 41.3 Å². The fraction of sp³-hybridized carbons (Fsp3) is 0.800. The molecule has 0 amide bonds. The molecule has 4 atom stereocenters. The Hall–Kier alpha value is -1.28. The predicted octanol–water partition coefficient (Wildman–Crippen LogP) is 7.69. The van der Waals surface area contributed by atoms with Gasteiger partial charge in [0, 0.05) is 18.3 Å². The van der Waals surface area contributed by atoms with Crippen LogP contribution >= 0.6 is 0 Å². The highest BCUT2D eigenvalue weighted by Gasteiger charge is 2.41. The van der Waals surface area contributed by atoms with Gasteiger partial charge in [0.05, 0.1) is 18.8 Å². The van der Waals surface area contributed by atoms with E-state index >= 15 is 0 Å². The van der Waals surface area contributed by atoms with Gasteiger partial charge in [0.2, 0.25) is 0 Å². The van der Waals surface area contributed by atoms with Crippen molar-refractivity contribution in [3.63, 3.8) is 0 Å². The minimum Gasteiger partial charge on any atom is -0.481 e. The lowest BCUT2D eigenvalue weighted by molar-refractivity contribution is -0.147. The van der Waals surface area contributed by atoms with Crippen LogP contribution in [-0.4, -0.2) is 49.8 Å². The predicted molar refractivity (Wildman–Crippen MR) is 153 cm³/mol. The van der Waals surface area contributed by atoms with Crippen molar-refractivity contribution in [3.05, 3.63) is 24.3 Å². The summed E-state index contributed by atoms with van der Waals surface area (Å²) in [5.74, 6) is -2.06. The van der Waals surface area contributed by atoms with E-state index in [0.717, 1.165) is 12.8 Å². The molecule has 37 heavy (non-hydrogen) atoms. The largest absolute Gasteiger partial charge is 0.481 e. The molecule has 1 fully saturated rings. The summed E-state index contributed by atoms with van der Waals surface area (Å²) < 4.78 is 18.9. The van der Waals surface area contributed by atoms with E-state index in [0.29, 0.717) is 19.4 Å². The SMILES string of the molecule is CCCCC/C=C\CC(/C=C/[C@H]([C@H]1COC(C)(C)O1)[C@@H](CCCC(=O)O)C(C)=O)O[Si](C)(C)C(C)(C)C. The van der Waals surface area contributed by atoms with E-state index in [1.165, 1.54) is 19.3 Å². The summed E-state index contributed by atoms with van der Waals surface area (Å²) in [5, 5.41) is 9.20. The summed E-state index contributed by atoms with van der Waals surface area (Å²) in [5.41, 5.74) is 0. The summed E-state index contributed by atoms with van der Waals surface area (Å²) in [6.07, 6.45) is 14.8. The first-order valence-electron chi connectivity index (χ1n) is 14.1. The molecule has 0 aromatic rings. The Morgan fingerprint density at radius 1 is 1.14 bits per heavy atom. The number of allylic oxidation sites excluding steroid dienone is 1. The van der Waals surface area contributed by atoms with Gasteiger partial charge in [0.25, 0.3) is 0 Å². The molecule has 0 saturated carbocycles. The van der Waals surface area contributed by atoms with Crippen molar-refractivity contribution >= 4 is 20.1 Å². The number of Topliss-reactive ketones (excluding diaryl/α,β-unsaturated/α-hetero) is 1. The van der Waals surface area contributed by atoms with Gasteiger partial charge >= 0.3 is 5.97 Å². The first kappa shape index (κ1) is 33.7. The number of hydrogen-bond acceptors (Lipinski definition) is 5. The molecule has 1 saturated heterocycles. The lowest BCUT2D eigenvalue weighted by atomic mass is 9.81. The number of hydrogen-bond donors (Lipinski definition) is 1. The van der Waals surface area contributed by atoms with Crippen LogP contribution in [0, 0.1) is 11.8 Å². The maximum atomic E-state index is 12.8. The summed E-state index contributed by atoms with van der Waals surface area (Å²) in [7, 11) is -2.03. The number of unbranched alkanes of at least 4 members (excludes halogenated alkanes) is 3. The maximum absolute atomic E-state index is 12.8. The second-order valence-electron chi connectivity index (χ2n) is 12.5. The second kappa shape index (κ2) is 15.3. The number of carboxylic acid groups (broad SMARTS) is 1. The molecule has 0 bridgehead atoms. The van der Waals surface area contributed by atoms with Crippen molar-refractivity contribution in [1.29, 1.82) is 0 Å². The van der Waals surface area contributed by atoms with Crippen LogP contribution in [0.3, 0.4) is 0 Å². The first-order valence-corrected chi connectivity index (χ1v) is 17.1. The Morgan fingerprint density at radius 2 is 1.81 bits per heavy atom. The molecule has 1 heterocycles. The first-order chi connectivity index (χ1) is 17.1. The Bertz CT molecular complexity index is 765. The van der Waals surface area contributed by atoms with Gasteiger partial charge in [-0.05, 0) is 71.0 Å². The van der Waals surface area contributed by atoms with Crippen molar-refractivity contribution in [2.45, 2.75) is 136 Å². The quantitative estimate of drug-likeness (QED) is 0.116. The average molecular weight is 539 g/mol. The van der Waals surface area contributed by atoms with Gasteiger partial charge in [-0.25, -0.2) is 0 Å². The van der Waals surface area contributed by atoms with Crippen LogP contribution in [0.5, 0.6) is 0 Å². The molecule has 1 rings (SSSR count). The van der Waals surface area contributed by atoms with Gasteiger partial charge in [-0.2, -0.15) is 0 Å². The third kappa shape index (κ3) is 12.4. The molecule has 0 aromatic heterocycles. The van der Waals surface area contributed by atoms with Crippen LogP contribution in [0.25, 0.3) is 0 Å². The number of rotatable bonds is 17. The summed E-state index contributed by atoms with van der Waals surface area (Å²) in [6.45, 7) is 19.2. The van der Waals surface area contributed by atoms with Crippen molar-refractivity contribution < 1.29 is 28.6 Å². The van der Waals surface area contributed by atoms with Crippen molar-refractivity contribution in [3.8, 4) is 0 Å². The molecule has 0 spiro atoms. The molecule has 0 aromatic carbocycles. The number of ether oxygens (including phenoxy) is 2. The molecule has 6 nitrogen and oxygen atoms in total. The van der Waals surface area contributed by atoms with Gasteiger partial charge in [-0.3, -0.25) is 9.59 Å². The molecule has 0 radical (unpaired) electrons. The molecule has 0 aliphatic carbocycles. The maximum Gasteiger partial charge on any atom is 0.303 e. The molecule has 1 aliphatic rings. The average Bonchev–Trinajstić information content (AvgIpc) is 3.12. The Morgan fingerprint density at radius 3 is 2.32 bits per heavy atom. The third-order valence-corrected chi connectivity index (χ3v) is 12.2. The highest BCUT2D eigenvalue weighted by molar-refractivity contribution is 6.74. The second-order valence-corrected chi connectivity index (χ2v) is 17.2. The van der Waals surface area contributed by atoms with Gasteiger partial charge in [0.15, 0.2) is 14.1 Å². The smallest absolute Gasteiger partial charge is 0.303 e. The Balaban J connectivity index is 3.21. The van der Waals surface area contributed by atoms with Crippen molar-refractivity contribution in [2.75, 3.05) is 6.61 Å². The normalized spacial score (nSPS) is 20.9. The van der Waals surface area contributed by atoms with Gasteiger partial charge < -0.3 is 19.0 Å². The van der Waals surface area contributed by atoms with Gasteiger partial charge in [0.1, 0.15) is 5.78 Å². The molecular formula is C30H54O6Si. The zero-order chi connectivity index (χ0) is 28.3. The minimum absolute atomic E-state index is 0.0472. The van der Waals surface area contributed by atoms with Crippen LogP contribution in [0.1, 0.15) is 99.8 Å². The minimum atomic E-state index is -2.03. The summed E-state index contributed by atoms with van der Waals surface area (Å²) in [4.78, 5) is 23.9. The van der Waals surface area contributed by atoms with Gasteiger partial charge in [-0.1, -0.05) is 64.8 Å². The Labute approximate surface area is 227 Å². The van der Waals surface area contributed by atoms with E-state index < -0.39 is 20.1 Å². The van der Waals surface area contributed by atoms with Crippen LogP contribution in [-0.2, 0) is 23.5 Å². The van der Waals surface area contributed by atoms with Gasteiger partial charge in [-0.15, -0.1) is 0 Å².